The van der Waals surface area contributed by atoms with Crippen LogP contribution >= 0.6 is 0 Å². The van der Waals surface area contributed by atoms with E-state index >= 15 is 0 Å². The summed E-state index contributed by atoms with van der Waals surface area (Å²) < 4.78 is 36.6. The van der Waals surface area contributed by atoms with Gasteiger partial charge in [0, 0.05) is 24.0 Å². The Morgan fingerprint density at radius 3 is 2.29 bits per heavy atom. The van der Waals surface area contributed by atoms with Crippen molar-refractivity contribution in [2.75, 3.05) is 19.6 Å². The monoisotopic (exact) mass is 581 g/mol. The highest BCUT2D eigenvalue weighted by Crippen LogP contribution is 2.61. The van der Waals surface area contributed by atoms with E-state index in [-0.39, 0.29) is 5.41 Å². The minimum Gasteiger partial charge on any atom is -0.341 e. The lowest BCUT2D eigenvalue weighted by molar-refractivity contribution is -0.904. The van der Waals surface area contributed by atoms with Gasteiger partial charge in [0.2, 0.25) is 24.7 Å². The van der Waals surface area contributed by atoms with Crippen LogP contribution < -0.4 is 15.4 Å². The van der Waals surface area contributed by atoms with Gasteiger partial charge in [-0.25, -0.2) is 0 Å². The molecule has 13 heteroatoms. The fraction of sp³-hybridized carbons (Fsp3) is 0.571. The normalized spacial score (nSPS) is 18.5. The highest BCUT2D eigenvalue weighted by Gasteiger charge is 2.62. The molecule has 0 aromatic carbocycles. The molecule has 2 aromatic heterocycles. The van der Waals surface area contributed by atoms with E-state index in [9.17, 15) is 32.8 Å². The molecule has 1 saturated carbocycles. The molecular weight excluding hydrogens is 541 g/mol. The second-order valence-electron chi connectivity index (χ2n) is 10.6. The van der Waals surface area contributed by atoms with Crippen LogP contribution in [-0.2, 0) is 14.4 Å². The predicted molar refractivity (Wildman–Crippen MR) is 145 cm³/mol. The van der Waals surface area contributed by atoms with Crippen LogP contribution in [-0.4, -0.2) is 59.1 Å². The van der Waals surface area contributed by atoms with Gasteiger partial charge >= 0.3 is 12.1 Å². The molecule has 3 heterocycles. The third-order valence-corrected chi connectivity index (χ3v) is 6.46. The molecule has 10 nitrogen and oxygen atoms in total. The van der Waals surface area contributed by atoms with Crippen LogP contribution in [0.15, 0.2) is 30.7 Å². The van der Waals surface area contributed by atoms with Crippen LogP contribution in [0.3, 0.4) is 0 Å². The molecule has 1 saturated heterocycles. The van der Waals surface area contributed by atoms with Gasteiger partial charge in [0.15, 0.2) is 0 Å². The molecule has 2 aromatic rings. The molecule has 0 bridgehead atoms. The first-order valence-electron chi connectivity index (χ1n) is 13.3. The summed E-state index contributed by atoms with van der Waals surface area (Å²) in [6.07, 6.45) is -0.0867. The van der Waals surface area contributed by atoms with Crippen molar-refractivity contribution in [3.63, 3.8) is 0 Å². The molecule has 4 rings (SSSR count). The molecule has 3 atom stereocenters. The summed E-state index contributed by atoms with van der Waals surface area (Å²) in [5.74, 6) is -0.796. The molecular formula is C28H40F3N6O4+. The number of hydrogen-bond donors (Lipinski definition) is 3. The van der Waals surface area contributed by atoms with E-state index in [4.69, 9.17) is 5.26 Å². The van der Waals surface area contributed by atoms with E-state index in [0.717, 1.165) is 10.6 Å². The van der Waals surface area contributed by atoms with Crippen molar-refractivity contribution < 1.29 is 37.5 Å². The first kappa shape index (κ1) is 35.1. The Morgan fingerprint density at radius 2 is 1.80 bits per heavy atom. The number of likely N-dealkylation sites (tertiary alicyclic amines) is 1. The molecule has 3 amide bonds. The van der Waals surface area contributed by atoms with Gasteiger partial charge in [0.25, 0.3) is 0 Å². The molecule has 1 aliphatic carbocycles. The van der Waals surface area contributed by atoms with Crippen LogP contribution in [0, 0.1) is 34.5 Å². The summed E-state index contributed by atoms with van der Waals surface area (Å²) in [7, 11) is 0. The average molecular weight is 582 g/mol. The number of hydrogen-bond acceptors (Lipinski definition) is 6. The maximum Gasteiger partial charge on any atom is 0.471 e. The van der Waals surface area contributed by atoms with Gasteiger partial charge in [-0.05, 0) is 35.3 Å². The number of pyridine rings is 2. The Morgan fingerprint density at radius 1 is 1.24 bits per heavy atom. The quantitative estimate of drug-likeness (QED) is 0.281. The first-order chi connectivity index (χ1) is 19.1. The molecule has 0 radical (unpaired) electrons. The Hall–Kier alpha value is -3.95. The highest BCUT2D eigenvalue weighted by molar-refractivity contribution is 5.87. The maximum atomic E-state index is 11.9. The smallest absolute Gasteiger partial charge is 0.341 e. The summed E-state index contributed by atoms with van der Waals surface area (Å²) in [5, 5.41) is 23.1. The zero-order valence-electron chi connectivity index (χ0n) is 24.5. The van der Waals surface area contributed by atoms with E-state index in [1.54, 1.807) is 23.6 Å². The predicted octanol–water partition coefficient (Wildman–Crippen LogP) is 3.54. The highest BCUT2D eigenvalue weighted by atomic mass is 19.4. The van der Waals surface area contributed by atoms with Crippen molar-refractivity contribution >= 4 is 29.1 Å². The maximum absolute atomic E-state index is 11.9. The van der Waals surface area contributed by atoms with E-state index in [1.807, 2.05) is 19.9 Å². The number of rotatable bonds is 5. The van der Waals surface area contributed by atoms with Crippen LogP contribution in [0.4, 0.5) is 13.2 Å². The number of fused-ring (bicyclic) bond motifs is 2. The lowest BCUT2D eigenvalue weighted by Gasteiger charge is -2.22. The van der Waals surface area contributed by atoms with Crippen LogP contribution in [0.5, 0.6) is 0 Å². The minimum absolute atomic E-state index is 0.242. The van der Waals surface area contributed by atoms with Crippen molar-refractivity contribution in [3.05, 3.63) is 36.3 Å². The van der Waals surface area contributed by atoms with E-state index in [1.165, 1.54) is 17.3 Å². The molecule has 41 heavy (non-hydrogen) atoms. The number of nitriles is 1. The molecule has 226 valence electrons. The summed E-state index contributed by atoms with van der Waals surface area (Å²) >= 11 is 0. The fourth-order valence-electron chi connectivity index (χ4n) is 4.33. The van der Waals surface area contributed by atoms with Gasteiger partial charge in [-0.2, -0.15) is 18.4 Å². The van der Waals surface area contributed by atoms with Gasteiger partial charge < -0.3 is 15.5 Å². The van der Waals surface area contributed by atoms with Crippen molar-refractivity contribution in [2.45, 2.75) is 60.7 Å². The topological polar surface area (TPSA) is 139 Å². The van der Waals surface area contributed by atoms with Gasteiger partial charge in [0.05, 0.1) is 29.1 Å². The third kappa shape index (κ3) is 9.88. The minimum atomic E-state index is -4.94. The Kier molecular flexibility index (Phi) is 13.0. The van der Waals surface area contributed by atoms with E-state index in [2.05, 4.69) is 44.9 Å². The van der Waals surface area contributed by atoms with Crippen molar-refractivity contribution in [2.24, 2.45) is 23.2 Å². The Balaban J connectivity index is 0.000000345. The molecule has 0 spiro atoms. The third-order valence-electron chi connectivity index (χ3n) is 6.46. The lowest BCUT2D eigenvalue weighted by atomic mass is 10.1. The van der Waals surface area contributed by atoms with Crippen molar-refractivity contribution in [3.8, 4) is 6.07 Å². The van der Waals surface area contributed by atoms with Gasteiger partial charge in [-0.1, -0.05) is 48.5 Å². The van der Waals surface area contributed by atoms with Crippen molar-refractivity contribution in [1.82, 2.24) is 20.5 Å². The number of nitrogens with one attached hydrogen (secondary N) is 2. The number of piperidine rings is 1. The molecule has 1 aliphatic heterocycles. The summed E-state index contributed by atoms with van der Waals surface area (Å²) in [6.45, 7) is 15.3. The molecule has 3 N–H and O–H groups in total. The fourth-order valence-corrected chi connectivity index (χ4v) is 4.33. The number of nitrogens with zero attached hydrogens (tertiary/aromatic N) is 4. The average Bonchev–Trinajstić information content (AvgIpc) is 3.22. The molecule has 3 unspecified atom stereocenters. The second-order valence-corrected chi connectivity index (χ2v) is 10.6. The lowest BCUT2D eigenvalue weighted by Crippen LogP contribution is -2.44. The number of alkyl halides is 3. The zero-order valence-corrected chi connectivity index (χ0v) is 24.5. The number of halogens is 3. The SMILES string of the molecule is CC.CC(C)C.CC1(C)C2CN(C(=O)CNC(=O)C(F)(F)F)CC21.N#CC(NC=O)c1c[n+](O)cc2cccnc12. The summed E-state index contributed by atoms with van der Waals surface area (Å²) in [6, 6.07) is 4.57. The van der Waals surface area contributed by atoms with Gasteiger partial charge in [-0.15, -0.1) is 0 Å². The number of carbonyl (C=O) groups is 3. The Labute approximate surface area is 238 Å². The van der Waals surface area contributed by atoms with Crippen LogP contribution in [0.2, 0.25) is 0 Å². The number of aromatic nitrogens is 2. The number of carbonyl (C=O) groups excluding carboxylic acids is 3. The zero-order chi connectivity index (χ0) is 31.5. The van der Waals surface area contributed by atoms with Crippen molar-refractivity contribution in [1.29, 1.82) is 5.26 Å². The molecule has 2 fully saturated rings. The second kappa shape index (κ2) is 15.2. The van der Waals surface area contributed by atoms with Crippen LogP contribution in [0.25, 0.3) is 10.9 Å². The Bertz CT molecular complexity index is 1210. The first-order valence-corrected chi connectivity index (χ1v) is 13.3. The number of amides is 3. The van der Waals surface area contributed by atoms with Crippen LogP contribution in [0.1, 0.15) is 60.1 Å². The standard InChI is InChI=1S/C11H15F3N2O2.C11H8N4O2.C4H10.C2H6/c1-10(2)6-4-16(5-7(6)10)8(17)3-15-9(18)11(12,13)14;12-4-10(14-7-16)9-6-15(17)5-8-2-1-3-13-11(8)9;1-4(2)3;1-2/h6-7H,3-5H2,1-2H3,(H,15,18);1-3,5-7,10H,(H-,14,16,17);4H,1-3H3;1-2H3/p+1. The van der Waals surface area contributed by atoms with E-state index < -0.39 is 30.6 Å². The van der Waals surface area contributed by atoms with Gasteiger partial charge in [-0.3, -0.25) is 24.6 Å². The summed E-state index contributed by atoms with van der Waals surface area (Å²) in [4.78, 5) is 38.2. The largest absolute Gasteiger partial charge is 0.471 e. The van der Waals surface area contributed by atoms with E-state index in [0.29, 0.717) is 47.8 Å². The molecule has 2 aliphatic rings. The van der Waals surface area contributed by atoms with Gasteiger partial charge in [0.1, 0.15) is 6.04 Å². The summed E-state index contributed by atoms with van der Waals surface area (Å²) in [5.41, 5.74) is 1.25.